The molecule has 0 aliphatic heterocycles. The second kappa shape index (κ2) is 19.7. The second-order valence-electron chi connectivity index (χ2n) is 7.02. The Morgan fingerprint density at radius 2 is 1.82 bits per heavy atom. The molecule has 0 amide bonds. The molecule has 4 atom stereocenters. The van der Waals surface area contributed by atoms with Gasteiger partial charge >= 0.3 is 13.7 Å². The van der Waals surface area contributed by atoms with Crippen molar-refractivity contribution in [1.82, 2.24) is 20.0 Å². The molecule has 19 heteroatoms. The van der Waals surface area contributed by atoms with Crippen molar-refractivity contribution in [3.63, 3.8) is 0 Å². The summed E-state index contributed by atoms with van der Waals surface area (Å²) in [6.45, 7) is -2.51. The fraction of sp³-hybridized carbons (Fsp3) is 0.0952. The summed E-state index contributed by atoms with van der Waals surface area (Å²) in [4.78, 5) is 10.4. The van der Waals surface area contributed by atoms with E-state index in [1.54, 1.807) is 6.20 Å². The number of benzene rings is 2. The van der Waals surface area contributed by atoms with Crippen molar-refractivity contribution in [3.05, 3.63) is 82.7 Å². The van der Waals surface area contributed by atoms with Crippen LogP contribution in [0.3, 0.4) is 0 Å². The van der Waals surface area contributed by atoms with Crippen molar-refractivity contribution < 1.29 is 37.1 Å². The first-order valence-electron chi connectivity index (χ1n) is 10.6. The average Bonchev–Trinajstić information content (AvgIpc) is 3.62. The zero-order valence-corrected chi connectivity index (χ0v) is 27.6. The summed E-state index contributed by atoms with van der Waals surface area (Å²) >= 11 is 3.16. The molecule has 0 fully saturated rings. The van der Waals surface area contributed by atoms with Crippen LogP contribution in [0.5, 0.6) is 5.75 Å². The lowest BCUT2D eigenvalue weighted by atomic mass is 9.80. The van der Waals surface area contributed by atoms with Gasteiger partial charge in [0.1, 0.15) is 10.4 Å². The number of halogens is 5. The third kappa shape index (κ3) is 13.6. The number of methoxy groups -OCH3 is 1. The van der Waals surface area contributed by atoms with Crippen LogP contribution in [0.2, 0.25) is 0 Å². The van der Waals surface area contributed by atoms with Gasteiger partial charge in [0, 0.05) is 18.0 Å². The maximum absolute atomic E-state index is 13.3. The third-order valence-electron chi connectivity index (χ3n) is 4.32. The Hall–Kier alpha value is -1.34. The molecule has 2 aromatic carbocycles. The van der Waals surface area contributed by atoms with Crippen LogP contribution >= 0.6 is 57.7 Å². The summed E-state index contributed by atoms with van der Waals surface area (Å²) in [5.74, 6) is -1.23. The first kappa shape index (κ1) is 36.7. The number of alkyl halides is 2. The average molecular weight is 719 g/mol. The highest BCUT2D eigenvalue weighted by Crippen LogP contribution is 2.71. The molecule has 8 nitrogen and oxygen atoms in total. The molecular weight excluding hydrogens is 694 g/mol. The van der Waals surface area contributed by atoms with Gasteiger partial charge in [0.15, 0.2) is 17.9 Å². The number of carbonyl (C=O) groups is 1. The van der Waals surface area contributed by atoms with Gasteiger partial charge in [-0.05, 0) is 64.8 Å². The van der Waals surface area contributed by atoms with Gasteiger partial charge in [-0.1, -0.05) is 20.1 Å². The normalized spacial score (nSPS) is 10.3. The van der Waals surface area contributed by atoms with Gasteiger partial charge in [-0.3, -0.25) is 9.89 Å². The van der Waals surface area contributed by atoms with E-state index in [1.807, 2.05) is 6.07 Å². The summed E-state index contributed by atoms with van der Waals surface area (Å²) < 4.78 is 56.7. The van der Waals surface area contributed by atoms with Crippen LogP contribution in [0.1, 0.15) is 16.9 Å². The molecular formula is C21H25BBrF4N4O4P5. The van der Waals surface area contributed by atoms with Crippen molar-refractivity contribution in [2.75, 3.05) is 7.11 Å². The van der Waals surface area contributed by atoms with Crippen molar-refractivity contribution in [3.8, 4) is 17.0 Å². The minimum atomic E-state index is -2.73. The Balaban J connectivity index is 0.000000300. The number of ether oxygens (including phenoxy) is 1. The molecule has 4 unspecified atom stereocenters. The Bertz CT molecular complexity index is 1310. The van der Waals surface area contributed by atoms with Crippen LogP contribution in [-0.2, 0) is 0 Å². The van der Waals surface area contributed by atoms with Crippen LogP contribution in [0, 0.1) is 11.6 Å². The minimum absolute atomic E-state index is 0.0814. The molecule has 0 bridgehead atoms. The van der Waals surface area contributed by atoms with E-state index in [0.717, 1.165) is 30.9 Å². The molecule has 0 saturated heterocycles. The minimum Gasteiger partial charge on any atom is -0.494 e. The topological polar surface area (TPSA) is 113 Å². The van der Waals surface area contributed by atoms with E-state index in [1.165, 1.54) is 37.4 Å². The largest absolute Gasteiger partial charge is 0.494 e. The number of aromatic amines is 1. The lowest BCUT2D eigenvalue weighted by molar-refractivity contribution is 0.0568. The van der Waals surface area contributed by atoms with Gasteiger partial charge in [0.2, 0.25) is 0 Å². The Morgan fingerprint density at radius 1 is 1.15 bits per heavy atom. The first-order chi connectivity index (χ1) is 18.9. The van der Waals surface area contributed by atoms with Gasteiger partial charge in [0.05, 0.1) is 18.4 Å². The van der Waals surface area contributed by atoms with Gasteiger partial charge in [0.25, 0.3) is 0 Å². The van der Waals surface area contributed by atoms with Crippen molar-refractivity contribution in [1.29, 1.82) is 0 Å². The fourth-order valence-electron chi connectivity index (χ4n) is 2.46. The monoisotopic (exact) mass is 718 g/mol. The van der Waals surface area contributed by atoms with Crippen LogP contribution in [0.4, 0.5) is 17.6 Å². The van der Waals surface area contributed by atoms with E-state index in [-0.39, 0.29) is 29.5 Å². The standard InChI is InChI=1S/C11H7F3N2O.C7H8BFO3.C3H3BrN2.H7P5/c12-9-5-7(1-2-8(9)6-17)10-3-4-16(15-10)11(13)14;1-12-7-3-2-5(8(10)11)4-6(7)9;4-3-1-2-5-6-3;1-4-5(2)3/h1-6,11H;2-4,10-11H,1H3;1-2H,(H,5,6);4H,1-3H2. The van der Waals surface area contributed by atoms with Gasteiger partial charge < -0.3 is 14.8 Å². The SMILES string of the molecule is Brc1ccn[nH]1.COc1ccc(B(O)O)cc1F.O=Cc1ccc(-c2ccn(C(F)F)n2)cc1F.PPP(P)P. The lowest BCUT2D eigenvalue weighted by Crippen LogP contribution is -2.29. The predicted molar refractivity (Wildman–Crippen MR) is 168 cm³/mol. The molecule has 2 heterocycles. The number of nitrogens with one attached hydrogen (secondary N) is 1. The molecule has 0 radical (unpaired) electrons. The molecule has 0 saturated carbocycles. The zero-order chi connectivity index (χ0) is 30.2. The molecule has 0 aliphatic carbocycles. The van der Waals surface area contributed by atoms with E-state index in [4.69, 9.17) is 10.0 Å². The molecule has 0 aliphatic rings. The number of nitrogens with zero attached hydrogens (tertiary/aromatic N) is 3. The van der Waals surface area contributed by atoms with Crippen molar-refractivity contribution in [2.24, 2.45) is 0 Å². The highest BCUT2D eigenvalue weighted by Gasteiger charge is 2.13. The zero-order valence-electron chi connectivity index (χ0n) is 20.6. The number of rotatable bonds is 6. The molecule has 4 aromatic rings. The predicted octanol–water partition coefficient (Wildman–Crippen LogP) is 6.02. The lowest BCUT2D eigenvalue weighted by Gasteiger charge is -2.03. The van der Waals surface area contributed by atoms with Crippen LogP contribution in [0.15, 0.2) is 65.5 Å². The molecule has 40 heavy (non-hydrogen) atoms. The highest BCUT2D eigenvalue weighted by atomic mass is 79.9. The molecule has 0 spiro atoms. The van der Waals surface area contributed by atoms with Gasteiger partial charge in [-0.15, -0.1) is 26.8 Å². The number of aldehydes is 1. The van der Waals surface area contributed by atoms with Gasteiger partial charge in [-0.25, -0.2) is 13.5 Å². The van der Waals surface area contributed by atoms with E-state index in [0.29, 0.717) is 16.5 Å². The maximum Gasteiger partial charge on any atom is 0.488 e. The number of hydrogen-bond acceptors (Lipinski definition) is 6. The molecule has 2 aromatic heterocycles. The fourth-order valence-corrected chi connectivity index (χ4v) is 2.69. The third-order valence-corrected chi connectivity index (χ3v) is 16.7. The maximum atomic E-state index is 13.3. The molecule has 3 N–H and O–H groups in total. The van der Waals surface area contributed by atoms with Crippen molar-refractivity contribution >= 4 is 76.5 Å². The number of H-pyrrole nitrogens is 1. The Labute approximate surface area is 246 Å². The Morgan fingerprint density at radius 3 is 2.20 bits per heavy atom. The quantitative estimate of drug-likeness (QED) is 0.0974. The molecule has 216 valence electrons. The van der Waals surface area contributed by atoms with E-state index >= 15 is 0 Å². The van der Waals surface area contributed by atoms with Crippen LogP contribution in [-0.4, -0.2) is 50.5 Å². The molecule has 4 rings (SSSR count). The summed E-state index contributed by atoms with van der Waals surface area (Å²) in [5, 5.41) is 27.2. The Kier molecular flexibility index (Phi) is 18.1. The number of aromatic nitrogens is 4. The van der Waals surface area contributed by atoms with E-state index in [2.05, 4.69) is 62.7 Å². The summed E-state index contributed by atoms with van der Waals surface area (Å²) in [5.41, 5.74) is 0.587. The summed E-state index contributed by atoms with van der Waals surface area (Å²) in [7, 11) is 8.93. The van der Waals surface area contributed by atoms with E-state index in [9.17, 15) is 22.4 Å². The summed E-state index contributed by atoms with van der Waals surface area (Å²) in [6.07, 6.45) is 3.17. The first-order valence-corrected chi connectivity index (χ1v) is 19.6. The highest BCUT2D eigenvalue weighted by molar-refractivity contribution is 9.10. The van der Waals surface area contributed by atoms with Gasteiger partial charge in [-0.2, -0.15) is 19.0 Å². The number of carbonyl (C=O) groups excluding carboxylic acids is 1. The van der Waals surface area contributed by atoms with Crippen LogP contribution in [0.25, 0.3) is 11.3 Å². The van der Waals surface area contributed by atoms with Crippen LogP contribution < -0.4 is 10.2 Å². The number of hydrogen-bond donors (Lipinski definition) is 3. The second-order valence-corrected chi connectivity index (χ2v) is 21.8. The smallest absolute Gasteiger partial charge is 0.488 e. The van der Waals surface area contributed by atoms with E-state index < -0.39 is 25.3 Å². The van der Waals surface area contributed by atoms with Crippen molar-refractivity contribution in [2.45, 2.75) is 6.55 Å². The summed E-state index contributed by atoms with van der Waals surface area (Å²) in [6, 6.07) is 10.7.